The first-order chi connectivity index (χ1) is 16.2. The van der Waals surface area contributed by atoms with Crippen molar-refractivity contribution in [2.45, 2.75) is 4.90 Å². The Morgan fingerprint density at radius 2 is 1.27 bits per heavy atom. The Morgan fingerprint density at radius 3 is 1.85 bits per heavy atom. The fourth-order valence-electron chi connectivity index (χ4n) is 3.67. The van der Waals surface area contributed by atoms with Crippen molar-refractivity contribution < 1.29 is 4.79 Å². The molecule has 160 valence electrons. The van der Waals surface area contributed by atoms with Crippen molar-refractivity contribution in [3.05, 3.63) is 109 Å². The van der Waals surface area contributed by atoms with E-state index >= 15 is 0 Å². The monoisotopic (exact) mass is 447 g/mol. The van der Waals surface area contributed by atoms with E-state index in [2.05, 4.69) is 5.32 Å². The van der Waals surface area contributed by atoms with Gasteiger partial charge in [-0.3, -0.25) is 4.79 Å². The first-order valence-corrected chi connectivity index (χ1v) is 11.8. The molecule has 0 atom stereocenters. The summed E-state index contributed by atoms with van der Waals surface area (Å²) in [4.78, 5) is 23.9. The van der Waals surface area contributed by atoms with Gasteiger partial charge in [-0.25, -0.2) is 9.97 Å². The zero-order chi connectivity index (χ0) is 22.6. The third kappa shape index (κ3) is 4.49. The Hall–Kier alpha value is -3.96. The minimum atomic E-state index is -0.177. The maximum Gasteiger partial charge on any atom is 0.255 e. The van der Waals surface area contributed by atoms with Crippen LogP contribution in [0.15, 0.2) is 108 Å². The number of carbonyl (C=O) groups is 1. The molecular formula is C28H21N3OS. The number of anilines is 1. The molecule has 5 aromatic rings. The number of carbonyl (C=O) groups excluding carboxylic acids is 1. The van der Waals surface area contributed by atoms with Crippen LogP contribution in [0.25, 0.3) is 33.5 Å². The van der Waals surface area contributed by atoms with Gasteiger partial charge >= 0.3 is 0 Å². The zero-order valence-corrected chi connectivity index (χ0v) is 18.8. The van der Waals surface area contributed by atoms with Crippen LogP contribution >= 0.6 is 11.8 Å². The Morgan fingerprint density at radius 1 is 0.697 bits per heavy atom. The normalized spacial score (nSPS) is 10.8. The summed E-state index contributed by atoms with van der Waals surface area (Å²) in [7, 11) is 0. The van der Waals surface area contributed by atoms with Crippen LogP contribution in [0.2, 0.25) is 0 Å². The van der Waals surface area contributed by atoms with E-state index in [9.17, 15) is 4.79 Å². The zero-order valence-electron chi connectivity index (χ0n) is 18.0. The van der Waals surface area contributed by atoms with Gasteiger partial charge in [0.2, 0.25) is 0 Å². The summed E-state index contributed by atoms with van der Waals surface area (Å²) in [5.74, 6) is -0.177. The van der Waals surface area contributed by atoms with Crippen molar-refractivity contribution in [1.29, 1.82) is 0 Å². The van der Waals surface area contributed by atoms with Gasteiger partial charge in [0, 0.05) is 27.3 Å². The summed E-state index contributed by atoms with van der Waals surface area (Å²) in [5, 5.41) is 2.96. The maximum absolute atomic E-state index is 12.9. The van der Waals surface area contributed by atoms with Gasteiger partial charge in [-0.2, -0.15) is 0 Å². The largest absolute Gasteiger partial charge is 0.322 e. The molecule has 0 aliphatic carbocycles. The van der Waals surface area contributed by atoms with E-state index in [0.29, 0.717) is 11.1 Å². The van der Waals surface area contributed by atoms with Crippen LogP contribution in [-0.4, -0.2) is 22.1 Å². The van der Waals surface area contributed by atoms with Crippen molar-refractivity contribution in [2.75, 3.05) is 11.6 Å². The van der Waals surface area contributed by atoms with Gasteiger partial charge in [0.05, 0.1) is 22.4 Å². The van der Waals surface area contributed by atoms with Crippen LogP contribution in [0.1, 0.15) is 10.4 Å². The predicted molar refractivity (Wildman–Crippen MR) is 137 cm³/mol. The highest BCUT2D eigenvalue weighted by Gasteiger charge is 2.15. The molecule has 1 heterocycles. The first-order valence-electron chi connectivity index (χ1n) is 10.6. The summed E-state index contributed by atoms with van der Waals surface area (Å²) in [6.45, 7) is 0. The van der Waals surface area contributed by atoms with Crippen LogP contribution in [0.5, 0.6) is 0 Å². The van der Waals surface area contributed by atoms with E-state index < -0.39 is 0 Å². The van der Waals surface area contributed by atoms with Gasteiger partial charge in [0.25, 0.3) is 5.91 Å². The second-order valence-corrected chi connectivity index (χ2v) is 8.42. The lowest BCUT2D eigenvalue weighted by Gasteiger charge is -2.11. The number of thioether (sulfide) groups is 1. The lowest BCUT2D eigenvalue weighted by Crippen LogP contribution is -2.12. The smallest absolute Gasteiger partial charge is 0.255 e. The minimum Gasteiger partial charge on any atom is -0.322 e. The van der Waals surface area contributed by atoms with E-state index in [4.69, 9.17) is 9.97 Å². The number of rotatable bonds is 5. The summed E-state index contributed by atoms with van der Waals surface area (Å²) < 4.78 is 0. The molecule has 0 spiro atoms. The van der Waals surface area contributed by atoms with Crippen LogP contribution in [0.3, 0.4) is 0 Å². The van der Waals surface area contributed by atoms with Crippen molar-refractivity contribution in [3.8, 4) is 22.5 Å². The highest BCUT2D eigenvalue weighted by molar-refractivity contribution is 7.98. The number of hydrogen-bond acceptors (Lipinski definition) is 4. The lowest BCUT2D eigenvalue weighted by molar-refractivity contribution is 0.102. The number of benzene rings is 4. The number of hydrogen-bond donors (Lipinski definition) is 1. The Bertz CT molecular complexity index is 1420. The maximum atomic E-state index is 12.9. The quantitative estimate of drug-likeness (QED) is 0.297. The Labute approximate surface area is 196 Å². The molecule has 1 amide bonds. The van der Waals surface area contributed by atoms with E-state index in [1.807, 2.05) is 97.3 Å². The molecule has 4 aromatic carbocycles. The van der Waals surface area contributed by atoms with Gasteiger partial charge in [0.1, 0.15) is 0 Å². The van der Waals surface area contributed by atoms with E-state index in [0.717, 1.165) is 38.6 Å². The Kier molecular flexibility index (Phi) is 5.87. The molecule has 1 aromatic heterocycles. The topological polar surface area (TPSA) is 54.9 Å². The second kappa shape index (κ2) is 9.27. The van der Waals surface area contributed by atoms with Crippen molar-refractivity contribution in [1.82, 2.24) is 9.97 Å². The van der Waals surface area contributed by atoms with Crippen LogP contribution in [-0.2, 0) is 0 Å². The third-order valence-corrected chi connectivity index (χ3v) is 6.11. The average molecular weight is 448 g/mol. The van der Waals surface area contributed by atoms with Gasteiger partial charge in [-0.05, 0) is 48.7 Å². The Balaban J connectivity index is 1.55. The molecule has 0 unspecified atom stereocenters. The molecule has 0 saturated heterocycles. The first kappa shape index (κ1) is 20.9. The molecular weight excluding hydrogens is 426 g/mol. The number of nitrogens with zero attached hydrogens (tertiary/aromatic N) is 2. The van der Waals surface area contributed by atoms with Gasteiger partial charge in [-0.15, -0.1) is 11.8 Å². The fraction of sp³-hybridized carbons (Fsp3) is 0.0357. The third-order valence-electron chi connectivity index (χ3n) is 5.37. The van der Waals surface area contributed by atoms with E-state index in [-0.39, 0.29) is 5.91 Å². The molecule has 0 aliphatic heterocycles. The lowest BCUT2D eigenvalue weighted by atomic mass is 10.0. The molecule has 4 nitrogen and oxygen atoms in total. The highest BCUT2D eigenvalue weighted by atomic mass is 32.2. The van der Waals surface area contributed by atoms with Crippen LogP contribution in [0, 0.1) is 0 Å². The summed E-state index contributed by atoms with van der Waals surface area (Å²) in [6.07, 6.45) is 2.02. The van der Waals surface area contributed by atoms with Crippen LogP contribution < -0.4 is 5.32 Å². The molecule has 33 heavy (non-hydrogen) atoms. The fourth-order valence-corrected chi connectivity index (χ4v) is 4.08. The summed E-state index contributed by atoms with van der Waals surface area (Å²) in [6, 6.07) is 33.3. The molecule has 0 saturated carbocycles. The molecule has 5 rings (SSSR count). The predicted octanol–water partition coefficient (Wildman–Crippen LogP) is 6.94. The van der Waals surface area contributed by atoms with Gasteiger partial charge < -0.3 is 5.32 Å². The van der Waals surface area contributed by atoms with Crippen LogP contribution in [0.4, 0.5) is 5.69 Å². The number of nitrogens with one attached hydrogen (secondary N) is 1. The number of fused-ring (bicyclic) bond motifs is 1. The van der Waals surface area contributed by atoms with Crippen molar-refractivity contribution in [2.24, 2.45) is 0 Å². The van der Waals surface area contributed by atoms with Crippen molar-refractivity contribution >= 4 is 34.4 Å². The molecule has 5 heteroatoms. The van der Waals surface area contributed by atoms with E-state index in [1.54, 1.807) is 23.9 Å². The molecule has 0 aliphatic rings. The highest BCUT2D eigenvalue weighted by Crippen LogP contribution is 2.31. The summed E-state index contributed by atoms with van der Waals surface area (Å²) >= 11 is 1.67. The van der Waals surface area contributed by atoms with E-state index in [1.165, 1.54) is 0 Å². The molecule has 1 N–H and O–H groups in total. The van der Waals surface area contributed by atoms with Gasteiger partial charge in [0.15, 0.2) is 0 Å². The molecule has 0 radical (unpaired) electrons. The number of aromatic nitrogens is 2. The standard InChI is InChI=1S/C28H21N3OS/c1-33-23-15-13-22(14-16-23)29-28(32)21-12-17-24-25(18-21)31-27(20-10-6-3-7-11-20)26(30-24)19-8-4-2-5-9-19/h2-18H,1H3,(H,29,32). The SMILES string of the molecule is CSc1ccc(NC(=O)c2ccc3nc(-c4ccccc4)c(-c4ccccc4)nc3c2)cc1. The summed E-state index contributed by atoms with van der Waals surface area (Å²) in [5.41, 5.74) is 6.31. The second-order valence-electron chi connectivity index (χ2n) is 7.54. The number of amides is 1. The molecule has 0 bridgehead atoms. The molecule has 0 fully saturated rings. The van der Waals surface area contributed by atoms with Crippen molar-refractivity contribution in [3.63, 3.8) is 0 Å². The van der Waals surface area contributed by atoms with Gasteiger partial charge in [-0.1, -0.05) is 60.7 Å². The average Bonchev–Trinajstić information content (AvgIpc) is 2.89. The minimum absolute atomic E-state index is 0.177.